The highest BCUT2D eigenvalue weighted by molar-refractivity contribution is 7.91. The van der Waals surface area contributed by atoms with E-state index in [9.17, 15) is 13.2 Å². The van der Waals surface area contributed by atoms with Gasteiger partial charge in [-0.15, -0.1) is 11.3 Å². The number of carboxylic acids is 1. The number of thiophene rings is 1. The first-order valence-electron chi connectivity index (χ1n) is 5.71. The van der Waals surface area contributed by atoms with Crippen LogP contribution in [0.4, 0.5) is 0 Å². The zero-order chi connectivity index (χ0) is 14.5. The van der Waals surface area contributed by atoms with Gasteiger partial charge in [0.25, 0.3) is 10.0 Å². The Balaban J connectivity index is 3.00. The van der Waals surface area contributed by atoms with Gasteiger partial charge in [0, 0.05) is 18.5 Å². The normalized spacial score (nSPS) is 11.9. The van der Waals surface area contributed by atoms with E-state index in [1.807, 2.05) is 6.92 Å². The van der Waals surface area contributed by atoms with Crippen LogP contribution in [0.15, 0.2) is 16.3 Å². The lowest BCUT2D eigenvalue weighted by molar-refractivity contribution is -0.137. The number of hydrogen-bond donors (Lipinski definition) is 1. The zero-order valence-corrected chi connectivity index (χ0v) is 12.5. The predicted molar refractivity (Wildman–Crippen MR) is 72.0 cm³/mol. The van der Waals surface area contributed by atoms with Crippen LogP contribution in [-0.2, 0) is 26.0 Å². The molecule has 1 aromatic heterocycles. The lowest BCUT2D eigenvalue weighted by Crippen LogP contribution is -2.37. The maximum absolute atomic E-state index is 12.3. The first-order chi connectivity index (χ1) is 8.91. The summed E-state index contributed by atoms with van der Waals surface area (Å²) in [7, 11) is -2.33. The fourth-order valence-corrected chi connectivity index (χ4v) is 4.27. The summed E-state index contributed by atoms with van der Waals surface area (Å²) in [4.78, 5) is 11.7. The van der Waals surface area contributed by atoms with Crippen LogP contribution in [0.25, 0.3) is 0 Å². The minimum atomic E-state index is -3.77. The van der Waals surface area contributed by atoms with Gasteiger partial charge in [-0.2, -0.15) is 4.31 Å². The van der Waals surface area contributed by atoms with Gasteiger partial charge >= 0.3 is 5.97 Å². The Morgan fingerprint density at radius 2 is 2.16 bits per heavy atom. The minimum Gasteiger partial charge on any atom is -0.480 e. The van der Waals surface area contributed by atoms with Crippen molar-refractivity contribution in [2.75, 3.05) is 26.8 Å². The van der Waals surface area contributed by atoms with Crippen LogP contribution in [0.1, 0.15) is 11.8 Å². The second-order valence-electron chi connectivity index (χ2n) is 3.80. The van der Waals surface area contributed by atoms with Crippen LogP contribution < -0.4 is 0 Å². The number of carboxylic acid groups (broad SMARTS) is 1. The Bertz CT molecular complexity index is 523. The molecule has 6 nitrogen and oxygen atoms in total. The summed E-state index contributed by atoms with van der Waals surface area (Å²) >= 11 is 1.17. The summed E-state index contributed by atoms with van der Waals surface area (Å²) in [6, 6.07) is 3.26. The number of carbonyl (C=O) groups is 1. The molecule has 0 atom stereocenters. The third kappa shape index (κ3) is 4.27. The van der Waals surface area contributed by atoms with Gasteiger partial charge in [-0.25, -0.2) is 8.42 Å². The van der Waals surface area contributed by atoms with Gasteiger partial charge in [0.2, 0.25) is 0 Å². The lowest BCUT2D eigenvalue weighted by Gasteiger charge is -2.18. The average molecular weight is 307 g/mol. The molecule has 0 fully saturated rings. The molecule has 0 spiro atoms. The second kappa shape index (κ2) is 6.99. The highest BCUT2D eigenvalue weighted by Gasteiger charge is 2.27. The smallest absolute Gasteiger partial charge is 0.318 e. The summed E-state index contributed by atoms with van der Waals surface area (Å²) in [5.74, 6) is -1.19. The van der Waals surface area contributed by atoms with Crippen LogP contribution in [0, 0.1) is 0 Å². The van der Waals surface area contributed by atoms with Gasteiger partial charge in [-0.3, -0.25) is 4.79 Å². The molecule has 0 radical (unpaired) electrons. The number of rotatable bonds is 8. The quantitative estimate of drug-likeness (QED) is 0.775. The summed E-state index contributed by atoms with van der Waals surface area (Å²) in [5.41, 5.74) is 0. The number of sulfonamides is 1. The van der Waals surface area contributed by atoms with Crippen molar-refractivity contribution in [2.24, 2.45) is 0 Å². The van der Waals surface area contributed by atoms with E-state index in [0.29, 0.717) is 0 Å². The molecule has 108 valence electrons. The van der Waals surface area contributed by atoms with E-state index in [1.54, 1.807) is 6.07 Å². The molecule has 0 aromatic carbocycles. The average Bonchev–Trinajstić information content (AvgIpc) is 2.83. The van der Waals surface area contributed by atoms with Gasteiger partial charge < -0.3 is 9.84 Å². The van der Waals surface area contributed by atoms with Crippen molar-refractivity contribution in [3.63, 3.8) is 0 Å². The third-order valence-corrected chi connectivity index (χ3v) is 5.98. The highest BCUT2D eigenvalue weighted by Crippen LogP contribution is 2.25. The van der Waals surface area contributed by atoms with Gasteiger partial charge in [0.15, 0.2) is 0 Å². The first kappa shape index (κ1) is 16.1. The van der Waals surface area contributed by atoms with E-state index < -0.39 is 22.5 Å². The number of aliphatic carboxylic acids is 1. The summed E-state index contributed by atoms with van der Waals surface area (Å²) in [6.07, 6.45) is 0.747. The Kier molecular flexibility index (Phi) is 5.92. The zero-order valence-electron chi connectivity index (χ0n) is 10.8. The Labute approximate surface area is 116 Å². The molecule has 0 aliphatic rings. The molecule has 0 unspecified atom stereocenters. The fourth-order valence-electron chi connectivity index (χ4n) is 1.44. The molecule has 0 bridgehead atoms. The van der Waals surface area contributed by atoms with Crippen molar-refractivity contribution in [1.29, 1.82) is 0 Å². The van der Waals surface area contributed by atoms with Gasteiger partial charge in [0.1, 0.15) is 10.8 Å². The van der Waals surface area contributed by atoms with E-state index in [-0.39, 0.29) is 17.4 Å². The van der Waals surface area contributed by atoms with E-state index in [4.69, 9.17) is 9.84 Å². The lowest BCUT2D eigenvalue weighted by atomic mass is 10.4. The van der Waals surface area contributed by atoms with Crippen molar-refractivity contribution in [3.8, 4) is 0 Å². The largest absolute Gasteiger partial charge is 0.480 e. The van der Waals surface area contributed by atoms with Crippen LogP contribution in [0.2, 0.25) is 0 Å². The van der Waals surface area contributed by atoms with Gasteiger partial charge in [-0.1, -0.05) is 6.92 Å². The number of nitrogens with zero attached hydrogens (tertiary/aromatic N) is 1. The molecular weight excluding hydrogens is 290 g/mol. The molecule has 8 heteroatoms. The Hall–Kier alpha value is -0.960. The van der Waals surface area contributed by atoms with Crippen molar-refractivity contribution in [2.45, 2.75) is 17.6 Å². The number of ether oxygens (including phenoxy) is 1. The highest BCUT2D eigenvalue weighted by atomic mass is 32.2. The maximum Gasteiger partial charge on any atom is 0.318 e. The topological polar surface area (TPSA) is 83.9 Å². The van der Waals surface area contributed by atoms with Crippen molar-refractivity contribution in [3.05, 3.63) is 17.0 Å². The monoisotopic (exact) mass is 307 g/mol. The Morgan fingerprint density at radius 1 is 1.47 bits per heavy atom. The first-order valence-corrected chi connectivity index (χ1v) is 7.97. The molecule has 19 heavy (non-hydrogen) atoms. The van der Waals surface area contributed by atoms with Crippen LogP contribution in [0.3, 0.4) is 0 Å². The van der Waals surface area contributed by atoms with Gasteiger partial charge in [-0.05, 0) is 18.6 Å². The number of methoxy groups -OCH3 is 1. The molecule has 1 N–H and O–H groups in total. The molecule has 0 saturated carbocycles. The minimum absolute atomic E-state index is 0.0183. The standard InChI is InChI=1S/C11H17NO5S2/c1-3-9-4-5-11(18-9)19(15,16)12(6-7-17-2)8-10(13)14/h4-5H,3,6-8H2,1-2H3,(H,13,14). The molecule has 1 rings (SSSR count). The van der Waals surface area contributed by atoms with E-state index in [0.717, 1.165) is 15.6 Å². The molecule has 0 aliphatic heterocycles. The predicted octanol–water partition coefficient (Wildman–Crippen LogP) is 1.03. The fraction of sp³-hybridized carbons (Fsp3) is 0.545. The molecule has 1 heterocycles. The molecule has 0 amide bonds. The summed E-state index contributed by atoms with van der Waals surface area (Å²) in [5, 5.41) is 8.80. The second-order valence-corrected chi connectivity index (χ2v) is 7.13. The Morgan fingerprint density at radius 3 is 2.63 bits per heavy atom. The van der Waals surface area contributed by atoms with Crippen LogP contribution >= 0.6 is 11.3 Å². The summed E-state index contributed by atoms with van der Waals surface area (Å²) < 4.78 is 30.5. The van der Waals surface area contributed by atoms with Crippen molar-refractivity contribution in [1.82, 2.24) is 4.31 Å². The van der Waals surface area contributed by atoms with E-state index >= 15 is 0 Å². The molecule has 0 saturated heterocycles. The van der Waals surface area contributed by atoms with Crippen molar-refractivity contribution < 1.29 is 23.1 Å². The summed E-state index contributed by atoms with van der Waals surface area (Å²) in [6.45, 7) is 1.54. The number of hydrogen-bond acceptors (Lipinski definition) is 5. The molecule has 0 aliphatic carbocycles. The molecular formula is C11H17NO5S2. The number of aryl methyl sites for hydroxylation is 1. The van der Waals surface area contributed by atoms with Crippen molar-refractivity contribution >= 4 is 27.3 Å². The van der Waals surface area contributed by atoms with Crippen LogP contribution in [-0.4, -0.2) is 50.6 Å². The van der Waals surface area contributed by atoms with Crippen LogP contribution in [0.5, 0.6) is 0 Å². The maximum atomic E-state index is 12.3. The molecule has 1 aromatic rings. The third-order valence-electron chi connectivity index (χ3n) is 2.44. The van der Waals surface area contributed by atoms with E-state index in [2.05, 4.69) is 0 Å². The van der Waals surface area contributed by atoms with Gasteiger partial charge in [0.05, 0.1) is 6.61 Å². The van der Waals surface area contributed by atoms with E-state index in [1.165, 1.54) is 24.5 Å². The SMILES string of the molecule is CCc1ccc(S(=O)(=O)N(CCOC)CC(=O)O)s1.